The first kappa shape index (κ1) is 20.8. The lowest BCUT2D eigenvalue weighted by molar-refractivity contribution is -0.137. The molecular formula is C21H16F3N7O. The number of nitrogens with one attached hydrogen (secondary N) is 2. The van der Waals surface area contributed by atoms with Crippen molar-refractivity contribution in [1.29, 1.82) is 0 Å². The van der Waals surface area contributed by atoms with Crippen LogP contribution in [0.25, 0.3) is 16.9 Å². The molecule has 0 aliphatic rings. The molecule has 162 valence electrons. The molecule has 0 saturated heterocycles. The summed E-state index contributed by atoms with van der Waals surface area (Å²) in [4.78, 5) is 24.4. The van der Waals surface area contributed by atoms with E-state index in [9.17, 15) is 18.0 Å². The largest absolute Gasteiger partial charge is 0.416 e. The van der Waals surface area contributed by atoms with E-state index in [2.05, 4.69) is 32.2 Å². The Kier molecular flexibility index (Phi) is 5.23. The highest BCUT2D eigenvalue weighted by atomic mass is 19.4. The van der Waals surface area contributed by atoms with Gasteiger partial charge in [-0.15, -0.1) is 0 Å². The van der Waals surface area contributed by atoms with Gasteiger partial charge in [-0.1, -0.05) is 12.6 Å². The van der Waals surface area contributed by atoms with Crippen molar-refractivity contribution in [1.82, 2.24) is 19.5 Å². The van der Waals surface area contributed by atoms with Gasteiger partial charge < -0.3 is 16.4 Å². The minimum absolute atomic E-state index is 0.0904. The number of nitrogens with two attached hydrogens (primary N) is 1. The van der Waals surface area contributed by atoms with Crippen LogP contribution >= 0.6 is 0 Å². The second-order valence-corrected chi connectivity index (χ2v) is 6.66. The van der Waals surface area contributed by atoms with Crippen molar-refractivity contribution in [2.75, 3.05) is 16.4 Å². The Morgan fingerprint density at radius 3 is 2.53 bits per heavy atom. The van der Waals surface area contributed by atoms with Crippen LogP contribution in [0.2, 0.25) is 0 Å². The maximum Gasteiger partial charge on any atom is 0.416 e. The smallest absolute Gasteiger partial charge is 0.382 e. The molecule has 0 fully saturated rings. The van der Waals surface area contributed by atoms with Crippen molar-refractivity contribution in [3.8, 4) is 5.69 Å². The summed E-state index contributed by atoms with van der Waals surface area (Å²) in [5.74, 6) is -0.167. The first-order valence-electron chi connectivity index (χ1n) is 9.23. The Balaban J connectivity index is 1.68. The number of carbonyl (C=O) groups excluding carboxylic acids is 1. The van der Waals surface area contributed by atoms with Crippen LogP contribution in [0.3, 0.4) is 0 Å². The Bertz CT molecular complexity index is 1310. The number of hydrogen-bond donors (Lipinski definition) is 3. The third kappa shape index (κ3) is 4.21. The minimum atomic E-state index is -4.43. The molecule has 0 bridgehead atoms. The van der Waals surface area contributed by atoms with E-state index in [0.29, 0.717) is 28.2 Å². The van der Waals surface area contributed by atoms with Gasteiger partial charge in [0.05, 0.1) is 11.3 Å². The molecule has 32 heavy (non-hydrogen) atoms. The van der Waals surface area contributed by atoms with Crippen LogP contribution in [0.15, 0.2) is 67.5 Å². The monoisotopic (exact) mass is 439 g/mol. The molecule has 11 heteroatoms. The summed E-state index contributed by atoms with van der Waals surface area (Å²) in [6, 6.07) is 11.4. The molecule has 0 aliphatic heterocycles. The second kappa shape index (κ2) is 8.02. The molecule has 0 saturated carbocycles. The molecule has 1 amide bonds. The molecule has 0 unspecified atom stereocenters. The fourth-order valence-corrected chi connectivity index (χ4v) is 2.97. The molecule has 0 aliphatic carbocycles. The fourth-order valence-electron chi connectivity index (χ4n) is 2.97. The summed E-state index contributed by atoms with van der Waals surface area (Å²) in [7, 11) is 0. The molecule has 0 radical (unpaired) electrons. The molecule has 4 rings (SSSR count). The van der Waals surface area contributed by atoms with Crippen molar-refractivity contribution in [3.63, 3.8) is 0 Å². The first-order valence-corrected chi connectivity index (χ1v) is 9.23. The van der Waals surface area contributed by atoms with Gasteiger partial charge in [-0.05, 0) is 48.5 Å². The van der Waals surface area contributed by atoms with Gasteiger partial charge in [-0.2, -0.15) is 23.1 Å². The lowest BCUT2D eigenvalue weighted by atomic mass is 10.2. The van der Waals surface area contributed by atoms with Crippen LogP contribution in [0, 0.1) is 0 Å². The topological polar surface area (TPSA) is 111 Å². The fraction of sp³-hybridized carbons (Fsp3) is 0.0476. The van der Waals surface area contributed by atoms with Crippen LogP contribution in [-0.2, 0) is 11.0 Å². The number of benzene rings is 2. The van der Waals surface area contributed by atoms with E-state index in [4.69, 9.17) is 5.73 Å². The summed E-state index contributed by atoms with van der Waals surface area (Å²) in [6.07, 6.45) is -1.76. The summed E-state index contributed by atoms with van der Waals surface area (Å²) >= 11 is 0. The predicted octanol–water partition coefficient (Wildman–Crippen LogP) is 4.28. The molecule has 2 aromatic heterocycles. The molecular weight excluding hydrogens is 423 g/mol. The Hall–Kier alpha value is -4.41. The molecule has 2 aromatic carbocycles. The van der Waals surface area contributed by atoms with E-state index in [-0.39, 0.29) is 17.7 Å². The molecule has 4 N–H and O–H groups in total. The number of halogens is 3. The van der Waals surface area contributed by atoms with E-state index >= 15 is 0 Å². The molecule has 2 heterocycles. The zero-order valence-electron chi connectivity index (χ0n) is 16.4. The highest BCUT2D eigenvalue weighted by molar-refractivity contribution is 5.99. The molecule has 4 aromatic rings. The molecule has 0 spiro atoms. The van der Waals surface area contributed by atoms with Gasteiger partial charge in [0.1, 0.15) is 6.33 Å². The Labute approximate surface area is 179 Å². The first-order chi connectivity index (χ1) is 15.2. The van der Waals surface area contributed by atoms with E-state index in [1.54, 1.807) is 28.8 Å². The summed E-state index contributed by atoms with van der Waals surface area (Å²) in [6.45, 7) is 3.42. The van der Waals surface area contributed by atoms with Crippen molar-refractivity contribution < 1.29 is 18.0 Å². The third-order valence-electron chi connectivity index (χ3n) is 4.47. The zero-order chi connectivity index (χ0) is 22.9. The van der Waals surface area contributed by atoms with Crippen LogP contribution in [0.1, 0.15) is 5.56 Å². The van der Waals surface area contributed by atoms with Crippen molar-refractivity contribution in [2.45, 2.75) is 6.18 Å². The van der Waals surface area contributed by atoms with Gasteiger partial charge in [0.2, 0.25) is 11.9 Å². The average molecular weight is 439 g/mol. The SMILES string of the molecule is C=CC(=O)Nc1cccc(-n2cnc3c(N)nc(Nc4ccc(C(F)(F)F)cc4)nc32)c1. The number of imidazole rings is 1. The quantitative estimate of drug-likeness (QED) is 0.400. The van der Waals surface area contributed by atoms with Crippen LogP contribution in [-0.4, -0.2) is 25.4 Å². The number of carbonyl (C=O) groups is 1. The standard InChI is InChI=1S/C21H16F3N7O/c1-2-16(32)27-14-4-3-5-15(10-14)31-11-26-17-18(25)29-20(30-19(17)31)28-13-8-6-12(7-9-13)21(22,23)24/h2-11H,1H2,(H,27,32)(H3,25,28,29,30). The minimum Gasteiger partial charge on any atom is -0.382 e. The highest BCUT2D eigenvalue weighted by Crippen LogP contribution is 2.30. The van der Waals surface area contributed by atoms with Crippen molar-refractivity contribution >= 4 is 40.2 Å². The van der Waals surface area contributed by atoms with E-state index < -0.39 is 11.7 Å². The summed E-state index contributed by atoms with van der Waals surface area (Å²) in [5.41, 5.74) is 7.52. The number of rotatable bonds is 5. The molecule has 0 atom stereocenters. The van der Waals surface area contributed by atoms with Gasteiger partial charge in [0.15, 0.2) is 17.0 Å². The third-order valence-corrected chi connectivity index (χ3v) is 4.47. The van der Waals surface area contributed by atoms with E-state index in [0.717, 1.165) is 18.2 Å². The number of nitrogens with zero attached hydrogens (tertiary/aromatic N) is 4. The van der Waals surface area contributed by atoms with Gasteiger partial charge in [0.25, 0.3) is 0 Å². The highest BCUT2D eigenvalue weighted by Gasteiger charge is 2.30. The molecule has 8 nitrogen and oxygen atoms in total. The number of amides is 1. The normalized spacial score (nSPS) is 11.3. The maximum absolute atomic E-state index is 12.8. The van der Waals surface area contributed by atoms with E-state index in [1.807, 2.05) is 0 Å². The Morgan fingerprint density at radius 2 is 1.84 bits per heavy atom. The van der Waals surface area contributed by atoms with Gasteiger partial charge >= 0.3 is 6.18 Å². The lowest BCUT2D eigenvalue weighted by Crippen LogP contribution is -2.08. The number of anilines is 4. The predicted molar refractivity (Wildman–Crippen MR) is 115 cm³/mol. The van der Waals surface area contributed by atoms with Crippen LogP contribution in [0.4, 0.5) is 36.3 Å². The second-order valence-electron chi connectivity index (χ2n) is 6.66. The average Bonchev–Trinajstić information content (AvgIpc) is 3.18. The van der Waals surface area contributed by atoms with Crippen LogP contribution < -0.4 is 16.4 Å². The zero-order valence-corrected chi connectivity index (χ0v) is 16.4. The number of fused-ring (bicyclic) bond motifs is 1. The summed E-state index contributed by atoms with van der Waals surface area (Å²) in [5, 5.41) is 5.52. The summed E-state index contributed by atoms with van der Waals surface area (Å²) < 4.78 is 39.9. The van der Waals surface area contributed by atoms with Gasteiger partial charge in [-0.3, -0.25) is 9.36 Å². The number of nitrogen functional groups attached to an aromatic ring is 1. The maximum atomic E-state index is 12.8. The van der Waals surface area contributed by atoms with Crippen molar-refractivity contribution in [3.05, 3.63) is 73.1 Å². The number of hydrogen-bond acceptors (Lipinski definition) is 6. The van der Waals surface area contributed by atoms with Crippen molar-refractivity contribution in [2.24, 2.45) is 0 Å². The lowest BCUT2D eigenvalue weighted by Gasteiger charge is -2.10. The number of alkyl halides is 3. The van der Waals surface area contributed by atoms with Gasteiger partial charge in [-0.25, -0.2) is 4.98 Å². The van der Waals surface area contributed by atoms with E-state index in [1.165, 1.54) is 18.5 Å². The Morgan fingerprint density at radius 1 is 1.09 bits per heavy atom. The van der Waals surface area contributed by atoms with Gasteiger partial charge in [0, 0.05) is 11.4 Å². The van der Waals surface area contributed by atoms with Crippen LogP contribution in [0.5, 0.6) is 0 Å². The number of aromatic nitrogens is 4.